The van der Waals surface area contributed by atoms with E-state index in [1.54, 1.807) is 45.9 Å². The fourth-order valence-electron chi connectivity index (χ4n) is 6.81. The lowest BCUT2D eigenvalue weighted by molar-refractivity contribution is -0.120. The molecule has 2 bridgehead atoms. The second kappa shape index (κ2) is 22.1. The molecule has 2 heterocycles. The molecule has 0 saturated heterocycles. The number of allylic oxidation sites excluding steroid dienone is 4. The number of nitrogens with one attached hydrogen (secondary N) is 3. The molecule has 0 unspecified atom stereocenters. The number of hydrogen-bond donors (Lipinski definition) is 5. The number of nitrogens with zero attached hydrogens (tertiary/aromatic N) is 2. The highest BCUT2D eigenvalue weighted by atomic mass is 16.6. The number of unbranched alkanes of at least 4 members (excludes halogenated alkanes) is 3. The molecule has 1 aliphatic carbocycles. The largest absolute Gasteiger partial charge is 0.439 e. The summed E-state index contributed by atoms with van der Waals surface area (Å²) in [6, 6.07) is 0. The smallest absolute Gasteiger partial charge is 0.405 e. The van der Waals surface area contributed by atoms with E-state index in [4.69, 9.17) is 19.9 Å². The van der Waals surface area contributed by atoms with Gasteiger partial charge in [-0.1, -0.05) is 51.0 Å². The number of methoxy groups -OCH3 is 2. The van der Waals surface area contributed by atoms with Crippen molar-refractivity contribution in [2.45, 2.75) is 111 Å². The zero-order valence-electron chi connectivity index (χ0n) is 34.7. The first-order valence-corrected chi connectivity index (χ1v) is 19.4. The maximum absolute atomic E-state index is 14.0. The van der Waals surface area contributed by atoms with Crippen LogP contribution in [-0.2, 0) is 28.6 Å². The van der Waals surface area contributed by atoms with Crippen LogP contribution in [0.1, 0.15) is 93.8 Å². The minimum Gasteiger partial charge on any atom is -0.439 e. The SMILES string of the molecule is CO[C@H]1/C=C\C=C(/C)C(=O)NC2=CC(=O)C(NCCCCCCNC(=O)c3nc(C)c(C)nc3C)=C(C[C@@H](C)C[C@H](OC)[C@H](O)[C@@H](C)/C=C(\C)[C@@H]1OC(N)=O)C2=O. The van der Waals surface area contributed by atoms with E-state index in [2.05, 4.69) is 25.9 Å². The zero-order valence-corrected chi connectivity index (χ0v) is 34.7. The monoisotopic (exact) mass is 792 g/mol. The molecule has 1 aromatic heterocycles. The standard InChI is InChI=1S/C42H60N6O9/c1-23-19-30-36(44-17-12-10-11-13-18-45-41(53)35-29(7)46-27(5)28(6)47-35)32(49)22-31(38(30)51)48-40(52)24(2)15-14-16-33(55-8)39(57-42(43)54)26(4)21-25(3)37(50)34(20-23)56-9/h14-16,21-23,25,33-34,37,39,44,50H,10-13,17-20H2,1-9H3,(H2,43,54)(H,45,53)(H,48,52)/b16-14-,24-15+,26-21+/t23-,25+,33+,34+,37-,39+/m1/s1. The molecule has 57 heavy (non-hydrogen) atoms. The van der Waals surface area contributed by atoms with Gasteiger partial charge in [0.25, 0.3) is 11.8 Å². The number of fused-ring (bicyclic) bond motifs is 2. The third-order valence-electron chi connectivity index (χ3n) is 10.2. The molecule has 1 aromatic rings. The van der Waals surface area contributed by atoms with Crippen LogP contribution in [0.3, 0.4) is 0 Å². The first-order chi connectivity index (χ1) is 27.0. The predicted octanol–water partition coefficient (Wildman–Crippen LogP) is 4.06. The molecule has 15 heteroatoms. The van der Waals surface area contributed by atoms with Crippen molar-refractivity contribution >= 4 is 29.5 Å². The normalized spacial score (nSPS) is 26.4. The van der Waals surface area contributed by atoms with E-state index in [0.29, 0.717) is 48.6 Å². The second-order valence-corrected chi connectivity index (χ2v) is 14.9. The molecule has 0 radical (unpaired) electrons. The maximum atomic E-state index is 14.0. The Morgan fingerprint density at radius 3 is 2.26 bits per heavy atom. The van der Waals surface area contributed by atoms with Gasteiger partial charge in [-0.2, -0.15) is 0 Å². The van der Waals surface area contributed by atoms with Gasteiger partial charge in [-0.15, -0.1) is 0 Å². The summed E-state index contributed by atoms with van der Waals surface area (Å²) in [6.07, 6.45) is 6.73. The van der Waals surface area contributed by atoms with Gasteiger partial charge in [-0.05, 0) is 71.8 Å². The van der Waals surface area contributed by atoms with Gasteiger partial charge < -0.3 is 41.0 Å². The van der Waals surface area contributed by atoms with Crippen molar-refractivity contribution in [1.29, 1.82) is 0 Å². The van der Waals surface area contributed by atoms with Gasteiger partial charge in [-0.25, -0.2) is 9.78 Å². The summed E-state index contributed by atoms with van der Waals surface area (Å²) >= 11 is 0. The fourth-order valence-corrected chi connectivity index (χ4v) is 6.81. The lowest BCUT2D eigenvalue weighted by Crippen LogP contribution is -2.38. The van der Waals surface area contributed by atoms with Crippen LogP contribution in [-0.4, -0.2) is 96.3 Å². The Bertz CT molecular complexity index is 1810. The number of nitrogens with two attached hydrogens (primary N) is 1. The fraction of sp³-hybridized carbons (Fsp3) is 0.548. The molecule has 6 N–H and O–H groups in total. The number of aliphatic hydroxyl groups excluding tert-OH is 1. The molecule has 0 fully saturated rings. The number of Topliss-reactive ketones (excluding diaryl/α,β-unsaturated/α-hetero) is 1. The summed E-state index contributed by atoms with van der Waals surface area (Å²) in [4.78, 5) is 74.1. The van der Waals surface area contributed by atoms with Gasteiger partial charge in [0.2, 0.25) is 11.6 Å². The summed E-state index contributed by atoms with van der Waals surface area (Å²) in [5.74, 6) is -2.48. The number of rotatable bonds is 12. The van der Waals surface area contributed by atoms with E-state index in [9.17, 15) is 29.1 Å². The Morgan fingerprint density at radius 1 is 0.947 bits per heavy atom. The van der Waals surface area contributed by atoms with Gasteiger partial charge in [-0.3, -0.25) is 24.2 Å². The van der Waals surface area contributed by atoms with Gasteiger partial charge in [0.1, 0.15) is 11.8 Å². The van der Waals surface area contributed by atoms with Crippen LogP contribution in [0.15, 0.2) is 58.5 Å². The van der Waals surface area contributed by atoms with Gasteiger partial charge >= 0.3 is 6.09 Å². The highest BCUT2D eigenvalue weighted by molar-refractivity contribution is 6.23. The average Bonchev–Trinajstić information content (AvgIpc) is 3.15. The van der Waals surface area contributed by atoms with Crippen LogP contribution in [0.2, 0.25) is 0 Å². The van der Waals surface area contributed by atoms with Crippen LogP contribution in [0.25, 0.3) is 0 Å². The van der Waals surface area contributed by atoms with Crippen molar-refractivity contribution in [2.24, 2.45) is 17.6 Å². The molecule has 2 aliphatic rings. The number of carbonyl (C=O) groups is 5. The van der Waals surface area contributed by atoms with Crippen LogP contribution < -0.4 is 21.7 Å². The third-order valence-corrected chi connectivity index (χ3v) is 10.2. The van der Waals surface area contributed by atoms with Crippen molar-refractivity contribution in [3.63, 3.8) is 0 Å². The molecule has 6 atom stereocenters. The number of ketones is 2. The minimum atomic E-state index is -1.01. The molecule has 3 rings (SSSR count). The number of aromatic nitrogens is 2. The van der Waals surface area contributed by atoms with E-state index in [1.165, 1.54) is 20.3 Å². The van der Waals surface area contributed by atoms with Crippen molar-refractivity contribution in [3.05, 3.63) is 81.3 Å². The van der Waals surface area contributed by atoms with Crippen molar-refractivity contribution in [2.75, 3.05) is 27.3 Å². The molecule has 0 aromatic carbocycles. The van der Waals surface area contributed by atoms with E-state index in [1.807, 2.05) is 20.8 Å². The van der Waals surface area contributed by atoms with Crippen molar-refractivity contribution in [3.8, 4) is 0 Å². The van der Waals surface area contributed by atoms with E-state index in [0.717, 1.165) is 31.0 Å². The Kier molecular flexibility index (Phi) is 18.0. The Labute approximate surface area is 335 Å². The number of carbonyl (C=O) groups excluding carboxylic acids is 5. The Balaban J connectivity index is 1.78. The number of amides is 3. The van der Waals surface area contributed by atoms with Crippen LogP contribution in [0, 0.1) is 32.6 Å². The molecule has 312 valence electrons. The molecule has 1 aliphatic heterocycles. The van der Waals surface area contributed by atoms with E-state index < -0.39 is 53.9 Å². The van der Waals surface area contributed by atoms with E-state index >= 15 is 0 Å². The number of hydrogen-bond acceptors (Lipinski definition) is 12. The lowest BCUT2D eigenvalue weighted by Gasteiger charge is -2.30. The first kappa shape index (κ1) is 46.4. The summed E-state index contributed by atoms with van der Waals surface area (Å²) in [6.45, 7) is 13.3. The maximum Gasteiger partial charge on any atom is 0.405 e. The molecule has 0 spiro atoms. The molecule has 0 saturated carbocycles. The van der Waals surface area contributed by atoms with Crippen LogP contribution in [0.4, 0.5) is 4.79 Å². The first-order valence-electron chi connectivity index (χ1n) is 19.4. The molecule has 15 nitrogen and oxygen atoms in total. The van der Waals surface area contributed by atoms with Crippen LogP contribution >= 0.6 is 0 Å². The highest BCUT2D eigenvalue weighted by Gasteiger charge is 2.33. The summed E-state index contributed by atoms with van der Waals surface area (Å²) in [7, 11) is 2.92. The number of primary amides is 1. The summed E-state index contributed by atoms with van der Waals surface area (Å²) in [5, 5.41) is 20.1. The number of aliphatic hydroxyl groups is 1. The molecular weight excluding hydrogens is 732 g/mol. The van der Waals surface area contributed by atoms with E-state index in [-0.39, 0.29) is 40.8 Å². The zero-order chi connectivity index (χ0) is 42.4. The topological polar surface area (TPSA) is 221 Å². The van der Waals surface area contributed by atoms with Gasteiger partial charge in [0.05, 0.1) is 40.7 Å². The highest BCUT2D eigenvalue weighted by Crippen LogP contribution is 2.29. The summed E-state index contributed by atoms with van der Waals surface area (Å²) in [5.41, 5.74) is 8.89. The molecule has 3 amide bonds. The van der Waals surface area contributed by atoms with Gasteiger partial charge in [0, 0.05) is 50.4 Å². The molecular formula is C42H60N6O9. The third kappa shape index (κ3) is 13.3. The predicted molar refractivity (Wildman–Crippen MR) is 215 cm³/mol. The minimum absolute atomic E-state index is 0.141. The number of ether oxygens (including phenoxy) is 3. The quantitative estimate of drug-likeness (QED) is 0.115. The lowest BCUT2D eigenvalue weighted by atomic mass is 9.85. The number of aryl methyl sites for hydroxylation is 3. The summed E-state index contributed by atoms with van der Waals surface area (Å²) < 4.78 is 16.7. The second-order valence-electron chi connectivity index (χ2n) is 14.9. The van der Waals surface area contributed by atoms with Crippen molar-refractivity contribution in [1.82, 2.24) is 25.9 Å². The Hall–Kier alpha value is -4.99. The Morgan fingerprint density at radius 2 is 1.61 bits per heavy atom. The van der Waals surface area contributed by atoms with Gasteiger partial charge in [0.15, 0.2) is 6.10 Å². The van der Waals surface area contributed by atoms with Crippen molar-refractivity contribution < 1.29 is 43.3 Å². The average molecular weight is 793 g/mol. The van der Waals surface area contributed by atoms with Crippen LogP contribution in [0.5, 0.6) is 0 Å².